The summed E-state index contributed by atoms with van der Waals surface area (Å²) in [5.41, 5.74) is 8.07. The zero-order valence-corrected chi connectivity index (χ0v) is 9.85. The van der Waals surface area contributed by atoms with Crippen LogP contribution in [0.1, 0.15) is 6.42 Å². The van der Waals surface area contributed by atoms with Crippen molar-refractivity contribution in [1.82, 2.24) is 10.2 Å². The molecule has 0 saturated carbocycles. The van der Waals surface area contributed by atoms with Crippen LogP contribution in [-0.4, -0.2) is 57.8 Å². The Morgan fingerprint density at radius 3 is 3.00 bits per heavy atom. The standard InChI is InChI=1S/C9H19N5O2/c1-14(6-3-4-12-13-10)8-9(15)11-5-7-16-2/h3-8H2,1-2H3,(H,11,15). The molecule has 0 aliphatic heterocycles. The lowest BCUT2D eigenvalue weighted by Crippen LogP contribution is -2.37. The number of carbonyl (C=O) groups is 1. The Kier molecular flexibility index (Phi) is 9.39. The zero-order chi connectivity index (χ0) is 12.2. The Balaban J connectivity index is 3.49. The first kappa shape index (κ1) is 14.7. The minimum Gasteiger partial charge on any atom is -0.383 e. The number of azide groups is 1. The second kappa shape index (κ2) is 10.2. The molecule has 0 bridgehead atoms. The summed E-state index contributed by atoms with van der Waals surface area (Å²) in [6.45, 7) is 2.59. The summed E-state index contributed by atoms with van der Waals surface area (Å²) in [6.07, 6.45) is 0.756. The van der Waals surface area contributed by atoms with E-state index in [-0.39, 0.29) is 5.91 Å². The number of carbonyl (C=O) groups excluding carboxylic acids is 1. The van der Waals surface area contributed by atoms with E-state index in [1.807, 2.05) is 11.9 Å². The van der Waals surface area contributed by atoms with Crippen molar-refractivity contribution in [2.45, 2.75) is 6.42 Å². The van der Waals surface area contributed by atoms with E-state index in [9.17, 15) is 4.79 Å². The van der Waals surface area contributed by atoms with Gasteiger partial charge in [-0.15, -0.1) is 0 Å². The molecule has 0 unspecified atom stereocenters. The van der Waals surface area contributed by atoms with Crippen LogP contribution in [0.2, 0.25) is 0 Å². The number of hydrogen-bond acceptors (Lipinski definition) is 4. The first-order valence-electron chi connectivity index (χ1n) is 5.15. The van der Waals surface area contributed by atoms with Crippen LogP contribution in [0.15, 0.2) is 5.11 Å². The predicted molar refractivity (Wildman–Crippen MR) is 61.0 cm³/mol. The maximum atomic E-state index is 11.3. The summed E-state index contributed by atoms with van der Waals surface area (Å²) in [4.78, 5) is 15.9. The molecule has 0 saturated heterocycles. The molecule has 1 amide bonds. The average molecular weight is 229 g/mol. The predicted octanol–water partition coefficient (Wildman–Crippen LogP) is 0.381. The number of nitrogens with zero attached hydrogens (tertiary/aromatic N) is 4. The third-order valence-corrected chi connectivity index (χ3v) is 1.90. The molecule has 0 heterocycles. The Morgan fingerprint density at radius 2 is 2.38 bits per heavy atom. The molecule has 0 aromatic carbocycles. The summed E-state index contributed by atoms with van der Waals surface area (Å²) < 4.78 is 4.81. The molecular weight excluding hydrogens is 210 g/mol. The van der Waals surface area contributed by atoms with Crippen molar-refractivity contribution in [2.75, 3.05) is 46.9 Å². The fraction of sp³-hybridized carbons (Fsp3) is 0.889. The maximum absolute atomic E-state index is 11.3. The summed E-state index contributed by atoms with van der Waals surface area (Å²) in [5.74, 6) is -0.0247. The first-order chi connectivity index (χ1) is 7.70. The fourth-order valence-electron chi connectivity index (χ4n) is 1.13. The summed E-state index contributed by atoms with van der Waals surface area (Å²) in [6, 6.07) is 0. The van der Waals surface area contributed by atoms with Crippen molar-refractivity contribution in [3.8, 4) is 0 Å². The monoisotopic (exact) mass is 229 g/mol. The maximum Gasteiger partial charge on any atom is 0.234 e. The van der Waals surface area contributed by atoms with Crippen molar-refractivity contribution in [3.63, 3.8) is 0 Å². The number of amides is 1. The van der Waals surface area contributed by atoms with Gasteiger partial charge in [-0.1, -0.05) is 5.11 Å². The van der Waals surface area contributed by atoms with Crippen LogP contribution in [0, 0.1) is 0 Å². The van der Waals surface area contributed by atoms with Crippen LogP contribution in [0.4, 0.5) is 0 Å². The molecule has 7 nitrogen and oxygen atoms in total. The van der Waals surface area contributed by atoms with Crippen LogP contribution in [0.3, 0.4) is 0 Å². The van der Waals surface area contributed by atoms with Gasteiger partial charge >= 0.3 is 0 Å². The zero-order valence-electron chi connectivity index (χ0n) is 9.85. The molecule has 92 valence electrons. The number of methoxy groups -OCH3 is 1. The van der Waals surface area contributed by atoms with Crippen molar-refractivity contribution < 1.29 is 9.53 Å². The lowest BCUT2D eigenvalue weighted by Gasteiger charge is -2.15. The van der Waals surface area contributed by atoms with Gasteiger partial charge in [0, 0.05) is 25.1 Å². The van der Waals surface area contributed by atoms with E-state index < -0.39 is 0 Å². The highest BCUT2D eigenvalue weighted by atomic mass is 16.5. The van der Waals surface area contributed by atoms with Crippen LogP contribution < -0.4 is 5.32 Å². The molecule has 0 atom stereocenters. The van der Waals surface area contributed by atoms with E-state index in [2.05, 4.69) is 15.3 Å². The van der Waals surface area contributed by atoms with Gasteiger partial charge in [0.15, 0.2) is 0 Å². The van der Waals surface area contributed by atoms with Crippen LogP contribution in [0.25, 0.3) is 10.4 Å². The quantitative estimate of drug-likeness (QED) is 0.268. The third-order valence-electron chi connectivity index (χ3n) is 1.90. The normalized spacial score (nSPS) is 9.94. The fourth-order valence-corrected chi connectivity index (χ4v) is 1.13. The van der Waals surface area contributed by atoms with Gasteiger partial charge in [-0.3, -0.25) is 9.69 Å². The minimum atomic E-state index is -0.0247. The molecule has 0 aromatic heterocycles. The lowest BCUT2D eigenvalue weighted by molar-refractivity contribution is -0.122. The lowest BCUT2D eigenvalue weighted by atomic mass is 10.4. The Bertz CT molecular complexity index is 240. The number of likely N-dealkylation sites (N-methyl/N-ethyl adjacent to an activating group) is 1. The van der Waals surface area contributed by atoms with Gasteiger partial charge in [-0.2, -0.15) is 0 Å². The van der Waals surface area contributed by atoms with Gasteiger partial charge in [0.05, 0.1) is 13.2 Å². The molecule has 0 fully saturated rings. The highest BCUT2D eigenvalue weighted by molar-refractivity contribution is 5.77. The van der Waals surface area contributed by atoms with E-state index in [4.69, 9.17) is 10.3 Å². The van der Waals surface area contributed by atoms with Crippen LogP contribution in [-0.2, 0) is 9.53 Å². The first-order valence-corrected chi connectivity index (χ1v) is 5.15. The van der Waals surface area contributed by atoms with Crippen LogP contribution in [0.5, 0.6) is 0 Å². The molecule has 0 rings (SSSR count). The molecule has 0 aromatic rings. The summed E-state index contributed by atoms with van der Waals surface area (Å²) in [5, 5.41) is 6.15. The Hall–Kier alpha value is -1.30. The number of nitrogens with one attached hydrogen (secondary N) is 1. The largest absolute Gasteiger partial charge is 0.383 e. The number of ether oxygens (including phenoxy) is 1. The Morgan fingerprint density at radius 1 is 1.62 bits per heavy atom. The van der Waals surface area contributed by atoms with E-state index in [1.54, 1.807) is 7.11 Å². The van der Waals surface area contributed by atoms with Gasteiger partial charge in [-0.05, 0) is 25.5 Å². The SMILES string of the molecule is COCCNC(=O)CN(C)CCCN=[N+]=[N-]. The van der Waals surface area contributed by atoms with Crippen molar-refractivity contribution >= 4 is 5.91 Å². The van der Waals surface area contributed by atoms with Gasteiger partial charge in [0.25, 0.3) is 0 Å². The van der Waals surface area contributed by atoms with Gasteiger partial charge < -0.3 is 10.1 Å². The number of rotatable bonds is 9. The molecule has 1 N–H and O–H groups in total. The van der Waals surface area contributed by atoms with E-state index in [0.29, 0.717) is 26.2 Å². The van der Waals surface area contributed by atoms with Gasteiger partial charge in [0.1, 0.15) is 0 Å². The molecule has 16 heavy (non-hydrogen) atoms. The van der Waals surface area contributed by atoms with E-state index in [1.165, 1.54) is 0 Å². The van der Waals surface area contributed by atoms with Crippen molar-refractivity contribution in [3.05, 3.63) is 10.4 Å². The van der Waals surface area contributed by atoms with E-state index in [0.717, 1.165) is 13.0 Å². The molecule has 0 radical (unpaired) electrons. The third kappa shape index (κ3) is 9.26. The number of hydrogen-bond donors (Lipinski definition) is 1. The van der Waals surface area contributed by atoms with Crippen molar-refractivity contribution in [2.24, 2.45) is 5.11 Å². The smallest absolute Gasteiger partial charge is 0.234 e. The van der Waals surface area contributed by atoms with Gasteiger partial charge in [-0.25, -0.2) is 0 Å². The topological polar surface area (TPSA) is 90.3 Å². The summed E-state index contributed by atoms with van der Waals surface area (Å²) in [7, 11) is 3.44. The molecule has 0 spiro atoms. The highest BCUT2D eigenvalue weighted by Gasteiger charge is 2.04. The van der Waals surface area contributed by atoms with Crippen LogP contribution >= 0.6 is 0 Å². The van der Waals surface area contributed by atoms with Gasteiger partial charge in [0.2, 0.25) is 5.91 Å². The summed E-state index contributed by atoms with van der Waals surface area (Å²) >= 11 is 0. The molecule has 7 heteroatoms. The Labute approximate surface area is 95.4 Å². The van der Waals surface area contributed by atoms with Crippen molar-refractivity contribution in [1.29, 1.82) is 0 Å². The average Bonchev–Trinajstić information content (AvgIpc) is 2.25. The highest BCUT2D eigenvalue weighted by Crippen LogP contribution is 1.88. The van der Waals surface area contributed by atoms with E-state index >= 15 is 0 Å². The second-order valence-electron chi connectivity index (χ2n) is 3.39. The molecule has 0 aliphatic rings. The second-order valence-corrected chi connectivity index (χ2v) is 3.39. The minimum absolute atomic E-state index is 0.0247. The molecular formula is C9H19N5O2. The molecule has 0 aliphatic carbocycles.